The highest BCUT2D eigenvalue weighted by atomic mass is 32.1. The molecule has 0 saturated heterocycles. The Morgan fingerprint density at radius 3 is 3.08 bits per heavy atom. The summed E-state index contributed by atoms with van der Waals surface area (Å²) in [5.74, 6) is 0.622. The minimum absolute atomic E-state index is 0.256. The largest absolute Gasteiger partial charge is 0.493 e. The van der Waals surface area contributed by atoms with Crippen molar-refractivity contribution in [2.75, 3.05) is 13.7 Å². The van der Waals surface area contributed by atoms with Crippen molar-refractivity contribution in [3.63, 3.8) is 0 Å². The standard InChI is InChI=1S/C19H17N3O3S/c1-24-16-4-2-3-13-11-17(25-18(13)16)19(23)20-7-9-22-8-5-15(21-22)14-6-10-26-12-14/h2-6,8,10-12H,7,9H2,1H3,(H,20,23). The van der Waals surface area contributed by atoms with Crippen LogP contribution in [0.1, 0.15) is 10.6 Å². The highest BCUT2D eigenvalue weighted by molar-refractivity contribution is 7.08. The van der Waals surface area contributed by atoms with E-state index in [1.165, 1.54) is 0 Å². The van der Waals surface area contributed by atoms with E-state index in [1.54, 1.807) is 30.6 Å². The molecule has 1 aromatic carbocycles. The second-order valence-corrected chi connectivity index (χ2v) is 6.50. The maximum Gasteiger partial charge on any atom is 0.287 e. The zero-order chi connectivity index (χ0) is 17.9. The smallest absolute Gasteiger partial charge is 0.287 e. The average molecular weight is 367 g/mol. The van der Waals surface area contributed by atoms with Gasteiger partial charge in [-0.2, -0.15) is 16.4 Å². The zero-order valence-corrected chi connectivity index (χ0v) is 15.0. The van der Waals surface area contributed by atoms with E-state index in [0.717, 1.165) is 16.6 Å². The quantitative estimate of drug-likeness (QED) is 0.563. The molecule has 4 aromatic rings. The SMILES string of the molecule is COc1cccc2cc(C(=O)NCCn3ccc(-c4ccsc4)n3)oc12. The molecular weight excluding hydrogens is 350 g/mol. The summed E-state index contributed by atoms with van der Waals surface area (Å²) < 4.78 is 12.7. The second-order valence-electron chi connectivity index (χ2n) is 5.72. The van der Waals surface area contributed by atoms with Crippen molar-refractivity contribution in [1.29, 1.82) is 0 Å². The van der Waals surface area contributed by atoms with E-state index in [-0.39, 0.29) is 11.7 Å². The van der Waals surface area contributed by atoms with Crippen LogP contribution in [0.2, 0.25) is 0 Å². The summed E-state index contributed by atoms with van der Waals surface area (Å²) in [6, 6.07) is 11.3. The maximum absolute atomic E-state index is 12.3. The Hall–Kier alpha value is -3.06. The Morgan fingerprint density at radius 1 is 1.35 bits per heavy atom. The van der Waals surface area contributed by atoms with Crippen molar-refractivity contribution >= 4 is 28.2 Å². The highest BCUT2D eigenvalue weighted by Crippen LogP contribution is 2.28. The van der Waals surface area contributed by atoms with Crippen LogP contribution in [0.15, 0.2) is 57.8 Å². The molecule has 0 aliphatic carbocycles. The van der Waals surface area contributed by atoms with Crippen LogP contribution in [0.3, 0.4) is 0 Å². The molecule has 0 saturated carbocycles. The number of amides is 1. The number of thiophene rings is 1. The van der Waals surface area contributed by atoms with Gasteiger partial charge in [-0.3, -0.25) is 9.48 Å². The lowest BCUT2D eigenvalue weighted by Gasteiger charge is -2.03. The number of benzene rings is 1. The molecule has 3 heterocycles. The molecule has 1 amide bonds. The third-order valence-electron chi connectivity index (χ3n) is 4.04. The Morgan fingerprint density at radius 2 is 2.27 bits per heavy atom. The fourth-order valence-electron chi connectivity index (χ4n) is 2.73. The normalized spacial score (nSPS) is 11.0. The molecule has 1 N–H and O–H groups in total. The number of carbonyl (C=O) groups excluding carboxylic acids is 1. The number of hydrogen-bond donors (Lipinski definition) is 1. The van der Waals surface area contributed by atoms with Crippen LogP contribution in [0, 0.1) is 0 Å². The van der Waals surface area contributed by atoms with Crippen molar-refractivity contribution in [2.24, 2.45) is 0 Å². The molecule has 0 spiro atoms. The molecule has 3 aromatic heterocycles. The lowest BCUT2D eigenvalue weighted by Crippen LogP contribution is -2.27. The van der Waals surface area contributed by atoms with E-state index in [0.29, 0.717) is 24.4 Å². The maximum atomic E-state index is 12.3. The summed E-state index contributed by atoms with van der Waals surface area (Å²) >= 11 is 1.64. The number of furan rings is 1. The first-order valence-electron chi connectivity index (χ1n) is 8.15. The predicted molar refractivity (Wildman–Crippen MR) is 101 cm³/mol. The fourth-order valence-corrected chi connectivity index (χ4v) is 3.38. The van der Waals surface area contributed by atoms with Gasteiger partial charge in [0.05, 0.1) is 19.3 Å². The van der Waals surface area contributed by atoms with E-state index >= 15 is 0 Å². The zero-order valence-electron chi connectivity index (χ0n) is 14.1. The van der Waals surface area contributed by atoms with Crippen molar-refractivity contribution in [3.05, 3.63) is 59.1 Å². The van der Waals surface area contributed by atoms with Gasteiger partial charge in [-0.05, 0) is 29.6 Å². The number of nitrogens with one attached hydrogen (secondary N) is 1. The molecule has 132 valence electrons. The second kappa shape index (κ2) is 7.05. The van der Waals surface area contributed by atoms with Gasteiger partial charge in [-0.1, -0.05) is 12.1 Å². The molecule has 4 rings (SSSR count). The van der Waals surface area contributed by atoms with Crippen LogP contribution in [0.25, 0.3) is 22.2 Å². The van der Waals surface area contributed by atoms with Crippen LogP contribution >= 0.6 is 11.3 Å². The summed E-state index contributed by atoms with van der Waals surface area (Å²) in [5.41, 5.74) is 2.61. The number of para-hydroxylation sites is 1. The number of methoxy groups -OCH3 is 1. The highest BCUT2D eigenvalue weighted by Gasteiger charge is 2.14. The molecule has 0 unspecified atom stereocenters. The Balaban J connectivity index is 1.38. The van der Waals surface area contributed by atoms with Crippen LogP contribution in [-0.4, -0.2) is 29.3 Å². The summed E-state index contributed by atoms with van der Waals surface area (Å²) in [5, 5.41) is 12.3. The average Bonchev–Trinajstić information content (AvgIpc) is 3.39. The molecule has 26 heavy (non-hydrogen) atoms. The number of ether oxygens (including phenoxy) is 1. The molecule has 0 radical (unpaired) electrons. The van der Waals surface area contributed by atoms with Gasteiger partial charge in [0.2, 0.25) is 0 Å². The van der Waals surface area contributed by atoms with Crippen molar-refractivity contribution in [2.45, 2.75) is 6.54 Å². The van der Waals surface area contributed by atoms with Gasteiger partial charge in [0.1, 0.15) is 0 Å². The van der Waals surface area contributed by atoms with Crippen molar-refractivity contribution in [1.82, 2.24) is 15.1 Å². The van der Waals surface area contributed by atoms with Gasteiger partial charge in [-0.15, -0.1) is 0 Å². The van der Waals surface area contributed by atoms with Crippen molar-refractivity contribution in [3.8, 4) is 17.0 Å². The predicted octanol–water partition coefficient (Wildman–Crippen LogP) is 3.80. The first kappa shape index (κ1) is 16.4. The van der Waals surface area contributed by atoms with E-state index < -0.39 is 0 Å². The third-order valence-corrected chi connectivity index (χ3v) is 4.72. The number of fused-ring (bicyclic) bond motifs is 1. The summed E-state index contributed by atoms with van der Waals surface area (Å²) in [4.78, 5) is 12.3. The molecular formula is C19H17N3O3S. The van der Waals surface area contributed by atoms with E-state index in [9.17, 15) is 4.79 Å². The Labute approximate surface area is 154 Å². The monoisotopic (exact) mass is 367 g/mol. The summed E-state index contributed by atoms with van der Waals surface area (Å²) in [6.07, 6.45) is 1.91. The minimum Gasteiger partial charge on any atom is -0.493 e. The van der Waals surface area contributed by atoms with Gasteiger partial charge in [0.25, 0.3) is 5.91 Å². The lowest BCUT2D eigenvalue weighted by atomic mass is 10.2. The molecule has 0 atom stereocenters. The molecule has 0 aliphatic heterocycles. The van der Waals surface area contributed by atoms with Gasteiger partial charge in [0.15, 0.2) is 17.1 Å². The number of carbonyl (C=O) groups is 1. The third kappa shape index (κ3) is 3.21. The number of hydrogen-bond acceptors (Lipinski definition) is 5. The number of aromatic nitrogens is 2. The van der Waals surface area contributed by atoms with Crippen LogP contribution in [0.4, 0.5) is 0 Å². The number of rotatable bonds is 6. The molecule has 0 aliphatic rings. The van der Waals surface area contributed by atoms with E-state index in [1.807, 2.05) is 40.5 Å². The first-order chi connectivity index (χ1) is 12.7. The minimum atomic E-state index is -0.256. The van der Waals surface area contributed by atoms with Crippen molar-refractivity contribution < 1.29 is 13.9 Å². The van der Waals surface area contributed by atoms with Crippen LogP contribution < -0.4 is 10.1 Å². The molecule has 0 bridgehead atoms. The van der Waals surface area contributed by atoms with Gasteiger partial charge in [0, 0.05) is 29.1 Å². The van der Waals surface area contributed by atoms with Gasteiger partial charge < -0.3 is 14.5 Å². The van der Waals surface area contributed by atoms with E-state index in [4.69, 9.17) is 9.15 Å². The topological polar surface area (TPSA) is 69.3 Å². The van der Waals surface area contributed by atoms with Gasteiger partial charge >= 0.3 is 0 Å². The Kier molecular flexibility index (Phi) is 4.45. The number of nitrogens with zero attached hydrogens (tertiary/aromatic N) is 2. The molecule has 7 heteroatoms. The van der Waals surface area contributed by atoms with E-state index in [2.05, 4.69) is 15.8 Å². The Bertz CT molecular complexity index is 1030. The molecule has 6 nitrogen and oxygen atoms in total. The van der Waals surface area contributed by atoms with Crippen LogP contribution in [0.5, 0.6) is 5.75 Å². The summed E-state index contributed by atoms with van der Waals surface area (Å²) in [6.45, 7) is 1.04. The van der Waals surface area contributed by atoms with Gasteiger partial charge in [-0.25, -0.2) is 0 Å². The lowest BCUT2D eigenvalue weighted by molar-refractivity contribution is 0.0926. The first-order valence-corrected chi connectivity index (χ1v) is 9.09. The summed E-state index contributed by atoms with van der Waals surface area (Å²) in [7, 11) is 1.57. The fraction of sp³-hybridized carbons (Fsp3) is 0.158. The van der Waals surface area contributed by atoms with Crippen LogP contribution in [-0.2, 0) is 6.54 Å². The molecule has 0 fully saturated rings.